The molecule has 3 aliphatic heterocycles. The fourth-order valence-electron chi connectivity index (χ4n) is 3.85. The van der Waals surface area contributed by atoms with Gasteiger partial charge in [-0.1, -0.05) is 11.6 Å². The molecule has 23 heavy (non-hydrogen) atoms. The highest BCUT2D eigenvalue weighted by Gasteiger charge is 2.50. The smallest absolute Gasteiger partial charge is 0.160 e. The molecule has 0 radical (unpaired) electrons. The molecule has 122 valence electrons. The average Bonchev–Trinajstić information content (AvgIpc) is 2.84. The van der Waals surface area contributed by atoms with Crippen LogP contribution in [0.4, 0.5) is 5.82 Å². The molecule has 7 heteroatoms. The maximum absolute atomic E-state index is 6.12. The van der Waals surface area contributed by atoms with Crippen molar-refractivity contribution in [1.29, 1.82) is 0 Å². The maximum atomic E-state index is 6.12. The summed E-state index contributed by atoms with van der Waals surface area (Å²) in [4.78, 5) is 6.58. The Kier molecular flexibility index (Phi) is 3.08. The van der Waals surface area contributed by atoms with Crippen LogP contribution in [0.2, 0.25) is 5.15 Å². The first-order valence-corrected chi connectivity index (χ1v) is 8.60. The van der Waals surface area contributed by atoms with E-state index in [1.165, 1.54) is 6.42 Å². The van der Waals surface area contributed by atoms with Gasteiger partial charge in [-0.25, -0.2) is 9.67 Å². The van der Waals surface area contributed by atoms with Crippen LogP contribution in [-0.2, 0) is 9.47 Å². The molecule has 0 bridgehead atoms. The highest BCUT2D eigenvalue weighted by atomic mass is 35.5. The predicted octanol–water partition coefficient (Wildman–Crippen LogP) is 2.62. The first-order chi connectivity index (χ1) is 11.2. The minimum atomic E-state index is 0.000685. The van der Waals surface area contributed by atoms with Crippen LogP contribution in [0, 0.1) is 5.41 Å². The molecule has 5 rings (SSSR count). The zero-order chi connectivity index (χ0) is 15.4. The first-order valence-electron chi connectivity index (χ1n) is 8.22. The van der Waals surface area contributed by atoms with E-state index in [2.05, 4.69) is 9.88 Å². The van der Waals surface area contributed by atoms with Crippen LogP contribution in [-0.4, -0.2) is 47.7 Å². The number of nitrogens with zero attached hydrogens (tertiary/aromatic N) is 4. The zero-order valence-electron chi connectivity index (χ0n) is 12.9. The topological polar surface area (TPSA) is 52.4 Å². The number of fused-ring (bicyclic) bond motifs is 1. The first kappa shape index (κ1) is 14.0. The van der Waals surface area contributed by atoms with Gasteiger partial charge in [-0.15, -0.1) is 0 Å². The van der Waals surface area contributed by atoms with E-state index in [9.17, 15) is 0 Å². The van der Waals surface area contributed by atoms with Crippen molar-refractivity contribution in [3.63, 3.8) is 0 Å². The average molecular weight is 335 g/mol. The van der Waals surface area contributed by atoms with E-state index in [0.29, 0.717) is 10.6 Å². The largest absolute Gasteiger partial charge is 0.380 e. The molecule has 1 atom stereocenters. The van der Waals surface area contributed by atoms with Crippen LogP contribution in [0.15, 0.2) is 12.3 Å². The molecule has 0 amide bonds. The molecule has 2 aromatic heterocycles. The minimum Gasteiger partial charge on any atom is -0.380 e. The van der Waals surface area contributed by atoms with Crippen LogP contribution in [0.1, 0.15) is 25.5 Å². The summed E-state index contributed by atoms with van der Waals surface area (Å²) in [6.45, 7) is 4.56. The van der Waals surface area contributed by atoms with Crippen molar-refractivity contribution in [3.8, 4) is 0 Å². The monoisotopic (exact) mass is 334 g/mol. The SMILES string of the molecule is Clc1cc2c(cn1)c(N1CC3(COC3)C1)nn2C1CCCCO1. The number of hydrogen-bond donors (Lipinski definition) is 0. The lowest BCUT2D eigenvalue weighted by molar-refractivity contribution is -0.127. The lowest BCUT2D eigenvalue weighted by atomic mass is 9.78. The van der Waals surface area contributed by atoms with E-state index in [-0.39, 0.29) is 6.23 Å². The fourth-order valence-corrected chi connectivity index (χ4v) is 4.00. The Morgan fingerprint density at radius 3 is 2.83 bits per heavy atom. The Labute approximate surface area is 139 Å². The summed E-state index contributed by atoms with van der Waals surface area (Å²) in [5, 5.41) is 6.43. The molecule has 0 aliphatic carbocycles. The summed E-state index contributed by atoms with van der Waals surface area (Å²) in [7, 11) is 0. The number of ether oxygens (including phenoxy) is 2. The third kappa shape index (κ3) is 2.16. The van der Waals surface area contributed by atoms with Gasteiger partial charge in [0, 0.05) is 32.0 Å². The van der Waals surface area contributed by atoms with Gasteiger partial charge in [0.1, 0.15) is 5.15 Å². The second-order valence-corrected chi connectivity index (χ2v) is 7.35. The minimum absolute atomic E-state index is 0.000685. The third-order valence-electron chi connectivity index (χ3n) is 5.14. The van der Waals surface area contributed by atoms with E-state index >= 15 is 0 Å². The van der Waals surface area contributed by atoms with Crippen molar-refractivity contribution in [3.05, 3.63) is 17.4 Å². The predicted molar refractivity (Wildman–Crippen MR) is 86.8 cm³/mol. The Morgan fingerprint density at radius 2 is 2.13 bits per heavy atom. The van der Waals surface area contributed by atoms with E-state index in [0.717, 1.165) is 62.5 Å². The van der Waals surface area contributed by atoms with E-state index < -0.39 is 0 Å². The standard InChI is InChI=1S/C16H19ClN4O2/c17-13-5-12-11(6-18-13)15(20-7-16(8-20)9-22-10-16)19-21(12)14-3-1-2-4-23-14/h5-6,14H,1-4,7-10H2. The molecule has 6 nitrogen and oxygen atoms in total. The number of pyridine rings is 1. The van der Waals surface area contributed by atoms with Gasteiger partial charge in [-0.2, -0.15) is 5.10 Å². The van der Waals surface area contributed by atoms with Crippen molar-refractivity contribution in [2.75, 3.05) is 37.8 Å². The van der Waals surface area contributed by atoms with Crippen molar-refractivity contribution < 1.29 is 9.47 Å². The van der Waals surface area contributed by atoms with Gasteiger partial charge in [-0.3, -0.25) is 0 Å². The molecule has 5 heterocycles. The molecule has 2 aromatic rings. The Morgan fingerprint density at radius 1 is 1.26 bits per heavy atom. The summed E-state index contributed by atoms with van der Waals surface area (Å²) >= 11 is 6.12. The van der Waals surface area contributed by atoms with Gasteiger partial charge in [0.15, 0.2) is 12.0 Å². The van der Waals surface area contributed by atoms with Gasteiger partial charge in [0.25, 0.3) is 0 Å². The lowest BCUT2D eigenvalue weighted by Gasteiger charge is -2.55. The second kappa shape index (κ2) is 5.06. The van der Waals surface area contributed by atoms with Crippen molar-refractivity contribution >= 4 is 28.3 Å². The zero-order valence-corrected chi connectivity index (χ0v) is 13.6. The Bertz CT molecular complexity index is 744. The maximum Gasteiger partial charge on any atom is 0.160 e. The van der Waals surface area contributed by atoms with Crippen molar-refractivity contribution in [2.45, 2.75) is 25.5 Å². The van der Waals surface area contributed by atoms with Gasteiger partial charge >= 0.3 is 0 Å². The van der Waals surface area contributed by atoms with Gasteiger partial charge in [0.2, 0.25) is 0 Å². The van der Waals surface area contributed by atoms with Crippen LogP contribution in [0.25, 0.3) is 10.9 Å². The van der Waals surface area contributed by atoms with Gasteiger partial charge < -0.3 is 14.4 Å². The summed E-state index contributed by atoms with van der Waals surface area (Å²) in [6.07, 6.45) is 5.13. The lowest BCUT2D eigenvalue weighted by Crippen LogP contribution is -2.66. The summed E-state index contributed by atoms with van der Waals surface area (Å²) in [5.74, 6) is 0.996. The highest BCUT2D eigenvalue weighted by Crippen LogP contribution is 2.42. The molecule has 3 aliphatic rings. The molecule has 0 aromatic carbocycles. The highest BCUT2D eigenvalue weighted by molar-refractivity contribution is 6.30. The summed E-state index contributed by atoms with van der Waals surface area (Å²) < 4.78 is 13.3. The van der Waals surface area contributed by atoms with E-state index in [1.807, 2.05) is 16.9 Å². The quantitative estimate of drug-likeness (QED) is 0.790. The van der Waals surface area contributed by atoms with Crippen molar-refractivity contribution in [2.24, 2.45) is 5.41 Å². The number of hydrogen-bond acceptors (Lipinski definition) is 5. The van der Waals surface area contributed by atoms with E-state index in [4.69, 9.17) is 26.2 Å². The molecule has 0 saturated carbocycles. The van der Waals surface area contributed by atoms with Crippen molar-refractivity contribution in [1.82, 2.24) is 14.8 Å². The van der Waals surface area contributed by atoms with Crippen LogP contribution < -0.4 is 4.90 Å². The molecular formula is C16H19ClN4O2. The van der Waals surface area contributed by atoms with Crippen LogP contribution >= 0.6 is 11.6 Å². The number of anilines is 1. The Hall–Kier alpha value is -1.37. The second-order valence-electron chi connectivity index (χ2n) is 6.96. The molecule has 1 unspecified atom stereocenters. The summed E-state index contributed by atoms with van der Waals surface area (Å²) in [6, 6.07) is 1.90. The van der Waals surface area contributed by atoms with Crippen LogP contribution in [0.3, 0.4) is 0 Å². The van der Waals surface area contributed by atoms with Gasteiger partial charge in [-0.05, 0) is 19.3 Å². The number of rotatable bonds is 2. The molecule has 1 spiro atoms. The van der Waals surface area contributed by atoms with Gasteiger partial charge in [0.05, 0.1) is 29.5 Å². The Balaban J connectivity index is 1.54. The number of aromatic nitrogens is 3. The normalized spacial score (nSPS) is 26.3. The number of halogens is 1. The summed E-state index contributed by atoms with van der Waals surface area (Å²) in [5.41, 5.74) is 1.37. The molecular weight excluding hydrogens is 316 g/mol. The third-order valence-corrected chi connectivity index (χ3v) is 5.34. The molecule has 3 fully saturated rings. The molecule has 3 saturated heterocycles. The van der Waals surface area contributed by atoms with E-state index in [1.54, 1.807) is 0 Å². The fraction of sp³-hybridized carbons (Fsp3) is 0.625. The molecule has 0 N–H and O–H groups in total. The van der Waals surface area contributed by atoms with Crippen LogP contribution in [0.5, 0.6) is 0 Å².